The number of aryl methyl sites for hydroxylation is 1. The average Bonchev–Trinajstić information content (AvgIpc) is 2.57. The van der Waals surface area contributed by atoms with E-state index in [-0.39, 0.29) is 10.8 Å². The molecule has 5 heteroatoms. The summed E-state index contributed by atoms with van der Waals surface area (Å²) in [7, 11) is 0. The van der Waals surface area contributed by atoms with E-state index in [1.165, 1.54) is 18.9 Å². The summed E-state index contributed by atoms with van der Waals surface area (Å²) in [5.41, 5.74) is 8.18. The lowest BCUT2D eigenvalue weighted by atomic mass is 10.1. The number of phenolic OH excluding ortho intramolecular Hbond substituents is 1. The van der Waals surface area contributed by atoms with E-state index in [0.29, 0.717) is 10.6 Å². The van der Waals surface area contributed by atoms with Gasteiger partial charge in [-0.3, -0.25) is 4.98 Å². The first-order chi connectivity index (χ1) is 11.6. The number of unbranched alkanes of at least 4 members (excludes halogenated alkanes) is 3. The Labute approximate surface area is 153 Å². The van der Waals surface area contributed by atoms with Gasteiger partial charge in [0.25, 0.3) is 0 Å². The Hall–Kier alpha value is -1.55. The van der Waals surface area contributed by atoms with Gasteiger partial charge in [-0.2, -0.15) is 0 Å². The van der Waals surface area contributed by atoms with Crippen LogP contribution in [0.4, 0.5) is 0 Å². The highest BCUT2D eigenvalue weighted by Crippen LogP contribution is 2.32. The van der Waals surface area contributed by atoms with Crippen molar-refractivity contribution in [2.45, 2.75) is 32.1 Å². The molecule has 0 spiro atoms. The van der Waals surface area contributed by atoms with Crippen molar-refractivity contribution in [3.63, 3.8) is 0 Å². The van der Waals surface area contributed by atoms with Crippen molar-refractivity contribution in [2.24, 2.45) is 5.73 Å². The van der Waals surface area contributed by atoms with Crippen LogP contribution in [0.25, 0.3) is 12.2 Å². The fourth-order valence-electron chi connectivity index (χ4n) is 2.44. The van der Waals surface area contributed by atoms with Crippen molar-refractivity contribution in [1.82, 2.24) is 4.98 Å². The van der Waals surface area contributed by atoms with Gasteiger partial charge in [-0.05, 0) is 55.6 Å². The number of benzene rings is 1. The summed E-state index contributed by atoms with van der Waals surface area (Å²) in [6.07, 6.45) is 11.0. The first-order valence-corrected chi connectivity index (χ1v) is 8.87. The molecule has 128 valence electrons. The summed E-state index contributed by atoms with van der Waals surface area (Å²) >= 11 is 11.9. The van der Waals surface area contributed by atoms with Crippen LogP contribution in [0.3, 0.4) is 0 Å². The van der Waals surface area contributed by atoms with Gasteiger partial charge >= 0.3 is 0 Å². The third-order valence-electron chi connectivity index (χ3n) is 3.74. The van der Waals surface area contributed by atoms with E-state index < -0.39 is 0 Å². The Morgan fingerprint density at radius 3 is 2.62 bits per heavy atom. The summed E-state index contributed by atoms with van der Waals surface area (Å²) in [6, 6.07) is 7.18. The molecule has 0 radical (unpaired) electrons. The highest BCUT2D eigenvalue weighted by molar-refractivity contribution is 6.35. The maximum Gasteiger partial charge on any atom is 0.141 e. The third-order valence-corrected chi connectivity index (χ3v) is 4.25. The molecule has 0 atom stereocenters. The molecule has 0 aliphatic heterocycles. The van der Waals surface area contributed by atoms with Crippen LogP contribution >= 0.6 is 23.2 Å². The van der Waals surface area contributed by atoms with Gasteiger partial charge in [0.1, 0.15) is 5.75 Å². The molecule has 0 aliphatic carbocycles. The molecule has 2 aromatic rings. The second-order valence-electron chi connectivity index (χ2n) is 5.69. The third kappa shape index (κ3) is 5.82. The van der Waals surface area contributed by atoms with E-state index >= 15 is 0 Å². The van der Waals surface area contributed by atoms with E-state index in [0.717, 1.165) is 37.1 Å². The van der Waals surface area contributed by atoms with Gasteiger partial charge in [-0.1, -0.05) is 48.2 Å². The van der Waals surface area contributed by atoms with Gasteiger partial charge in [-0.15, -0.1) is 0 Å². The maximum absolute atomic E-state index is 9.98. The summed E-state index contributed by atoms with van der Waals surface area (Å²) < 4.78 is 0. The lowest BCUT2D eigenvalue weighted by Gasteiger charge is -2.04. The van der Waals surface area contributed by atoms with E-state index in [4.69, 9.17) is 28.9 Å². The smallest absolute Gasteiger partial charge is 0.141 e. The quantitative estimate of drug-likeness (QED) is 0.622. The molecule has 0 fully saturated rings. The molecule has 1 heterocycles. The normalized spacial score (nSPS) is 11.3. The van der Waals surface area contributed by atoms with Gasteiger partial charge in [0.15, 0.2) is 0 Å². The number of hydrogen-bond donors (Lipinski definition) is 2. The summed E-state index contributed by atoms with van der Waals surface area (Å²) in [6.45, 7) is 0.763. The fourth-order valence-corrected chi connectivity index (χ4v) is 2.95. The van der Waals surface area contributed by atoms with Crippen LogP contribution in [0, 0.1) is 0 Å². The molecule has 0 unspecified atom stereocenters. The summed E-state index contributed by atoms with van der Waals surface area (Å²) in [5, 5.41) is 10.7. The number of nitrogens with zero attached hydrogens (tertiary/aromatic N) is 1. The van der Waals surface area contributed by atoms with Crippen molar-refractivity contribution in [3.8, 4) is 5.75 Å². The predicted molar refractivity (Wildman–Crippen MR) is 103 cm³/mol. The fraction of sp³-hybridized carbons (Fsp3) is 0.316. The molecule has 0 saturated heterocycles. The Kier molecular flexibility index (Phi) is 7.57. The van der Waals surface area contributed by atoms with Crippen molar-refractivity contribution in [1.29, 1.82) is 0 Å². The van der Waals surface area contributed by atoms with Crippen LogP contribution in [0.5, 0.6) is 5.75 Å². The molecular weight excluding hydrogens is 343 g/mol. The molecule has 0 amide bonds. The molecule has 0 bridgehead atoms. The van der Waals surface area contributed by atoms with Crippen LogP contribution in [-0.4, -0.2) is 16.6 Å². The Morgan fingerprint density at radius 2 is 1.83 bits per heavy atom. The van der Waals surface area contributed by atoms with Crippen LogP contribution in [0.2, 0.25) is 10.0 Å². The number of phenols is 1. The van der Waals surface area contributed by atoms with E-state index in [9.17, 15) is 5.11 Å². The highest BCUT2D eigenvalue weighted by Gasteiger charge is 2.05. The first-order valence-electron chi connectivity index (χ1n) is 8.11. The zero-order valence-electron chi connectivity index (χ0n) is 13.5. The zero-order valence-corrected chi connectivity index (χ0v) is 15.0. The molecular formula is C19H22Cl2N2O. The molecule has 1 aromatic heterocycles. The van der Waals surface area contributed by atoms with Crippen LogP contribution in [-0.2, 0) is 6.42 Å². The molecule has 24 heavy (non-hydrogen) atoms. The van der Waals surface area contributed by atoms with Gasteiger partial charge in [0.05, 0.1) is 5.02 Å². The molecule has 0 aliphatic rings. The lowest BCUT2D eigenvalue weighted by Crippen LogP contribution is -1.98. The van der Waals surface area contributed by atoms with Gasteiger partial charge in [-0.25, -0.2) is 0 Å². The van der Waals surface area contributed by atoms with Crippen molar-refractivity contribution in [2.75, 3.05) is 6.54 Å². The molecule has 1 aromatic carbocycles. The standard InChI is InChI=1S/C19H22Cl2N2O/c20-16-12-15(19(24)18(21)13-16)7-6-14-8-10-23-17(11-14)5-3-1-2-4-9-22/h6-8,10-13,24H,1-5,9,22H2. The van der Waals surface area contributed by atoms with Crippen molar-refractivity contribution >= 4 is 35.4 Å². The maximum atomic E-state index is 9.98. The largest absolute Gasteiger partial charge is 0.506 e. The molecule has 2 rings (SSSR count). The molecule has 3 N–H and O–H groups in total. The minimum atomic E-state index is 0.0338. The number of pyridine rings is 1. The van der Waals surface area contributed by atoms with Crippen molar-refractivity contribution < 1.29 is 5.11 Å². The van der Waals surface area contributed by atoms with E-state index in [1.54, 1.807) is 18.3 Å². The Morgan fingerprint density at radius 1 is 1.04 bits per heavy atom. The number of nitrogens with two attached hydrogens (primary N) is 1. The lowest BCUT2D eigenvalue weighted by molar-refractivity contribution is 0.474. The Balaban J connectivity index is 2.01. The number of rotatable bonds is 8. The second-order valence-corrected chi connectivity index (χ2v) is 6.54. The first kappa shape index (κ1) is 18.8. The molecule has 3 nitrogen and oxygen atoms in total. The second kappa shape index (κ2) is 9.67. The minimum Gasteiger partial charge on any atom is -0.506 e. The van der Waals surface area contributed by atoms with Crippen LogP contribution < -0.4 is 5.73 Å². The highest BCUT2D eigenvalue weighted by atomic mass is 35.5. The number of aromatic hydroxyl groups is 1. The summed E-state index contributed by atoms with van der Waals surface area (Å²) in [5.74, 6) is 0.0338. The number of hydrogen-bond acceptors (Lipinski definition) is 3. The predicted octanol–water partition coefficient (Wildman–Crippen LogP) is 5.33. The number of halogens is 2. The van der Waals surface area contributed by atoms with Gasteiger partial charge < -0.3 is 10.8 Å². The monoisotopic (exact) mass is 364 g/mol. The zero-order chi connectivity index (χ0) is 17.4. The Bertz CT molecular complexity index is 702. The van der Waals surface area contributed by atoms with Crippen molar-refractivity contribution in [3.05, 3.63) is 57.3 Å². The van der Waals surface area contributed by atoms with Gasteiger partial charge in [0, 0.05) is 22.5 Å². The van der Waals surface area contributed by atoms with Crippen LogP contribution in [0.1, 0.15) is 42.5 Å². The molecule has 0 saturated carbocycles. The topological polar surface area (TPSA) is 59.1 Å². The SMILES string of the molecule is NCCCCCCc1cc(C=Cc2cc(Cl)cc(Cl)c2O)ccn1. The van der Waals surface area contributed by atoms with E-state index in [2.05, 4.69) is 11.1 Å². The van der Waals surface area contributed by atoms with Gasteiger partial charge in [0.2, 0.25) is 0 Å². The average molecular weight is 365 g/mol. The minimum absolute atomic E-state index is 0.0338. The van der Waals surface area contributed by atoms with E-state index in [1.807, 2.05) is 12.1 Å². The summed E-state index contributed by atoms with van der Waals surface area (Å²) in [4.78, 5) is 4.41. The number of aromatic nitrogens is 1. The van der Waals surface area contributed by atoms with Crippen LogP contribution in [0.15, 0.2) is 30.5 Å².